The summed E-state index contributed by atoms with van der Waals surface area (Å²) in [6.45, 7) is 4.03. The maximum atomic E-state index is 14.4. The molecular weight excluding hydrogens is 554 g/mol. The van der Waals surface area contributed by atoms with E-state index in [9.17, 15) is 19.5 Å². The number of nitrogens with one attached hydrogen (secondary N) is 1. The highest BCUT2D eigenvalue weighted by molar-refractivity contribution is 7.21. The summed E-state index contributed by atoms with van der Waals surface area (Å²) >= 11 is 1.36. The van der Waals surface area contributed by atoms with Gasteiger partial charge in [0, 0.05) is 22.9 Å². The Labute approximate surface area is 247 Å². The normalized spacial score (nSPS) is 35.2. The van der Waals surface area contributed by atoms with Crippen molar-refractivity contribution < 1.29 is 28.6 Å². The number of pyridine rings is 1. The van der Waals surface area contributed by atoms with Gasteiger partial charge < -0.3 is 19.6 Å². The molecule has 0 radical (unpaired) electrons. The molecule has 3 saturated carbocycles. The molecule has 4 aliphatic carbocycles. The standard InChI is InChI=1S/C32H33N3O6S/c1-30-11-9-19(36)15-18(30)7-8-20-21-10-12-32(31(21,2)16-23(37)26(20)30,41-28(39)24-6-4-14-40-24)25(38)17-34-29-35-22-5-3-13-33-27(22)42-29/h3-6,9,11,13-15,20-21,23,26,37H,7-8,10,12,16-17H2,1-2H3,(H,34,35)/t20?,21?,23-,26?,30?,31?,32-/m0/s1. The molecule has 0 bridgehead atoms. The van der Waals surface area contributed by atoms with E-state index in [0.29, 0.717) is 24.4 Å². The highest BCUT2D eigenvalue weighted by Crippen LogP contribution is 2.68. The molecule has 4 aliphatic rings. The third-order valence-corrected chi connectivity index (χ3v) is 11.6. The van der Waals surface area contributed by atoms with Crippen LogP contribution < -0.4 is 5.32 Å². The van der Waals surface area contributed by atoms with Crippen LogP contribution in [0.4, 0.5) is 5.13 Å². The van der Waals surface area contributed by atoms with Crippen LogP contribution in [0.25, 0.3) is 10.3 Å². The minimum Gasteiger partial charge on any atom is -0.457 e. The monoisotopic (exact) mass is 587 g/mol. The summed E-state index contributed by atoms with van der Waals surface area (Å²) in [7, 11) is 0. The van der Waals surface area contributed by atoms with Gasteiger partial charge in [-0.2, -0.15) is 0 Å². The van der Waals surface area contributed by atoms with Crippen LogP contribution in [-0.2, 0) is 14.3 Å². The number of allylic oxidation sites excluding steroid dienone is 4. The molecule has 0 aromatic carbocycles. The van der Waals surface area contributed by atoms with E-state index >= 15 is 0 Å². The molecule has 9 nitrogen and oxygen atoms in total. The van der Waals surface area contributed by atoms with Crippen molar-refractivity contribution >= 4 is 44.4 Å². The number of rotatable bonds is 6. The first-order valence-corrected chi connectivity index (χ1v) is 15.3. The molecule has 0 amide bonds. The number of Topliss-reactive ketones (excluding diaryl/α,β-unsaturated/α-hetero) is 1. The summed E-state index contributed by atoms with van der Waals surface area (Å²) in [5.41, 5.74) is -0.901. The first-order chi connectivity index (χ1) is 20.1. The summed E-state index contributed by atoms with van der Waals surface area (Å²) < 4.78 is 11.6. The van der Waals surface area contributed by atoms with Crippen LogP contribution in [0.2, 0.25) is 0 Å². The molecule has 7 rings (SSSR count). The molecule has 7 atom stereocenters. The molecule has 2 N–H and O–H groups in total. The van der Waals surface area contributed by atoms with E-state index < -0.39 is 28.5 Å². The molecule has 42 heavy (non-hydrogen) atoms. The van der Waals surface area contributed by atoms with Crippen LogP contribution in [0.1, 0.15) is 56.5 Å². The lowest BCUT2D eigenvalue weighted by molar-refractivity contribution is -0.177. The fourth-order valence-electron chi connectivity index (χ4n) is 8.74. The van der Waals surface area contributed by atoms with Gasteiger partial charge in [0.05, 0.1) is 18.9 Å². The number of thiazole rings is 1. The van der Waals surface area contributed by atoms with Crippen molar-refractivity contribution in [1.82, 2.24) is 9.97 Å². The molecule has 3 aromatic rings. The van der Waals surface area contributed by atoms with E-state index in [-0.39, 0.29) is 41.6 Å². The minimum absolute atomic E-state index is 0.0113. The molecule has 3 heterocycles. The second-order valence-electron chi connectivity index (χ2n) is 12.6. The highest BCUT2D eigenvalue weighted by atomic mass is 32.1. The summed E-state index contributed by atoms with van der Waals surface area (Å²) in [6, 6.07) is 6.81. The van der Waals surface area contributed by atoms with E-state index in [4.69, 9.17) is 9.15 Å². The molecule has 3 fully saturated rings. The van der Waals surface area contributed by atoms with Gasteiger partial charge in [-0.1, -0.05) is 36.8 Å². The zero-order chi connectivity index (χ0) is 29.3. The Kier molecular flexibility index (Phi) is 6.29. The van der Waals surface area contributed by atoms with Gasteiger partial charge in [-0.25, -0.2) is 14.8 Å². The Morgan fingerprint density at radius 3 is 2.88 bits per heavy atom. The second kappa shape index (κ2) is 9.70. The number of nitrogens with zero attached hydrogens (tertiary/aromatic N) is 2. The largest absolute Gasteiger partial charge is 0.457 e. The number of carbonyl (C=O) groups is 3. The van der Waals surface area contributed by atoms with Crippen molar-refractivity contribution in [1.29, 1.82) is 0 Å². The molecular formula is C32H33N3O6S. The van der Waals surface area contributed by atoms with Gasteiger partial charge in [-0.3, -0.25) is 9.59 Å². The Balaban J connectivity index is 1.23. The minimum atomic E-state index is -1.47. The van der Waals surface area contributed by atoms with Crippen molar-refractivity contribution in [3.8, 4) is 0 Å². The number of furan rings is 1. The fraction of sp³-hybridized carbons (Fsp3) is 0.469. The lowest BCUT2D eigenvalue weighted by Gasteiger charge is -2.59. The first-order valence-electron chi connectivity index (χ1n) is 14.5. The number of aliphatic hydroxyl groups excluding tert-OH is 1. The lowest BCUT2D eigenvalue weighted by Crippen LogP contribution is -2.63. The topological polar surface area (TPSA) is 132 Å². The van der Waals surface area contributed by atoms with Gasteiger partial charge >= 0.3 is 5.97 Å². The van der Waals surface area contributed by atoms with E-state index in [1.165, 1.54) is 23.7 Å². The number of carbonyl (C=O) groups excluding carboxylic acids is 3. The number of aliphatic hydroxyl groups is 1. The number of anilines is 1. The maximum absolute atomic E-state index is 14.4. The van der Waals surface area contributed by atoms with Crippen molar-refractivity contribution in [2.75, 3.05) is 11.9 Å². The SMILES string of the molecule is CC12C=CC(=O)C=C1CCC1C2[C@@H](O)CC2(C)C1CC[C@]2(OC(=O)c1ccco1)C(=O)CNc1nc2cccnc2s1. The van der Waals surface area contributed by atoms with Crippen molar-refractivity contribution in [2.45, 2.75) is 57.7 Å². The van der Waals surface area contributed by atoms with Crippen molar-refractivity contribution in [2.24, 2.45) is 28.6 Å². The molecule has 3 aromatic heterocycles. The van der Waals surface area contributed by atoms with Gasteiger partial charge in [-0.15, -0.1) is 0 Å². The average Bonchev–Trinajstić information content (AvgIpc) is 3.70. The van der Waals surface area contributed by atoms with E-state index in [2.05, 4.69) is 22.2 Å². The maximum Gasteiger partial charge on any atom is 0.375 e. The summed E-state index contributed by atoms with van der Waals surface area (Å²) in [4.78, 5) is 49.6. The second-order valence-corrected chi connectivity index (χ2v) is 13.5. The molecule has 5 unspecified atom stereocenters. The Morgan fingerprint density at radius 2 is 2.10 bits per heavy atom. The van der Waals surface area contributed by atoms with Crippen LogP contribution in [0, 0.1) is 28.6 Å². The number of hydrogen-bond acceptors (Lipinski definition) is 10. The first kappa shape index (κ1) is 27.2. The van der Waals surface area contributed by atoms with Gasteiger partial charge in [-0.05, 0) is 80.4 Å². The van der Waals surface area contributed by atoms with Crippen LogP contribution in [0.15, 0.2) is 64.9 Å². The Bertz CT molecular complexity index is 1610. The van der Waals surface area contributed by atoms with Crippen LogP contribution in [0.5, 0.6) is 0 Å². The summed E-state index contributed by atoms with van der Waals surface area (Å²) in [6.07, 6.45) is 10.6. The predicted octanol–water partition coefficient (Wildman–Crippen LogP) is 5.14. The van der Waals surface area contributed by atoms with Gasteiger partial charge in [0.25, 0.3) is 0 Å². The number of fused-ring (bicyclic) bond motifs is 6. The third kappa shape index (κ3) is 3.95. The van der Waals surface area contributed by atoms with E-state index in [0.717, 1.165) is 28.8 Å². The lowest BCUT2D eigenvalue weighted by atomic mass is 9.46. The molecule has 0 saturated heterocycles. The number of ether oxygens (including phenoxy) is 1. The van der Waals surface area contributed by atoms with Crippen molar-refractivity contribution in [3.05, 3.63) is 66.3 Å². The molecule has 10 heteroatoms. The summed E-state index contributed by atoms with van der Waals surface area (Å²) in [5, 5.41) is 15.6. The molecule has 218 valence electrons. The quantitative estimate of drug-likeness (QED) is 0.376. The zero-order valence-electron chi connectivity index (χ0n) is 23.5. The number of hydrogen-bond donors (Lipinski definition) is 2. The van der Waals surface area contributed by atoms with Gasteiger partial charge in [0.15, 0.2) is 22.3 Å². The average molecular weight is 588 g/mol. The number of aromatic nitrogens is 2. The number of esters is 1. The molecule has 0 aliphatic heterocycles. The van der Waals surface area contributed by atoms with E-state index in [1.54, 1.807) is 24.4 Å². The predicted molar refractivity (Wildman–Crippen MR) is 156 cm³/mol. The number of ketones is 2. The molecule has 0 spiro atoms. The van der Waals surface area contributed by atoms with Crippen LogP contribution >= 0.6 is 11.3 Å². The summed E-state index contributed by atoms with van der Waals surface area (Å²) in [5.74, 6) is -0.885. The smallest absolute Gasteiger partial charge is 0.375 e. The fourth-order valence-corrected chi connectivity index (χ4v) is 9.55. The van der Waals surface area contributed by atoms with Gasteiger partial charge in [0.1, 0.15) is 10.3 Å². The van der Waals surface area contributed by atoms with Gasteiger partial charge in [0.2, 0.25) is 5.76 Å². The third-order valence-electron chi connectivity index (χ3n) is 10.6. The van der Waals surface area contributed by atoms with Crippen LogP contribution in [-0.4, -0.2) is 50.9 Å². The van der Waals surface area contributed by atoms with Crippen molar-refractivity contribution in [3.63, 3.8) is 0 Å². The Hall–Kier alpha value is -3.63. The van der Waals surface area contributed by atoms with E-state index in [1.807, 2.05) is 25.1 Å². The highest BCUT2D eigenvalue weighted by Gasteiger charge is 2.70. The van der Waals surface area contributed by atoms with Crippen LogP contribution in [0.3, 0.4) is 0 Å². The zero-order valence-corrected chi connectivity index (χ0v) is 24.4. The Morgan fingerprint density at radius 1 is 1.24 bits per heavy atom.